The molecule has 7 nitrogen and oxygen atoms in total. The van der Waals surface area contributed by atoms with Crippen molar-refractivity contribution in [3.05, 3.63) is 18.2 Å². The lowest BCUT2D eigenvalue weighted by atomic mass is 10.2. The van der Waals surface area contributed by atoms with Crippen molar-refractivity contribution in [1.82, 2.24) is 10.0 Å². The van der Waals surface area contributed by atoms with E-state index in [1.165, 1.54) is 25.2 Å². The molecule has 2 rings (SSSR count). The first-order chi connectivity index (χ1) is 9.42. The molecule has 1 fully saturated rings. The third-order valence-corrected chi connectivity index (χ3v) is 4.40. The summed E-state index contributed by atoms with van der Waals surface area (Å²) in [7, 11) is -2.20. The Kier molecular flexibility index (Phi) is 4.15. The summed E-state index contributed by atoms with van der Waals surface area (Å²) in [4.78, 5) is 11.7. The fourth-order valence-electron chi connectivity index (χ4n) is 1.66. The number of sulfonamides is 1. The number of anilines is 2. The number of rotatable bonds is 6. The standard InChI is InChI=1S/C12H18N4O3S/c1-14-20(18,19)9-4-5-10(13)11(6-9)15-7-12(17)16-8-2-3-8/h4-6,8,14-15H,2-3,7,13H2,1H3,(H,16,17). The molecule has 1 aliphatic rings. The number of carbonyl (C=O) groups excluding carboxylic acids is 1. The SMILES string of the molecule is CNS(=O)(=O)c1ccc(N)c(NCC(=O)NC2CC2)c1. The monoisotopic (exact) mass is 298 g/mol. The summed E-state index contributed by atoms with van der Waals surface area (Å²) in [5.41, 5.74) is 6.58. The van der Waals surface area contributed by atoms with E-state index in [-0.39, 0.29) is 23.4 Å². The molecule has 0 aliphatic heterocycles. The van der Waals surface area contributed by atoms with Crippen LogP contribution in [0.1, 0.15) is 12.8 Å². The summed E-state index contributed by atoms with van der Waals surface area (Å²) in [6, 6.07) is 4.60. The zero-order valence-electron chi connectivity index (χ0n) is 11.1. The van der Waals surface area contributed by atoms with Crippen molar-refractivity contribution in [2.75, 3.05) is 24.6 Å². The van der Waals surface area contributed by atoms with Gasteiger partial charge in [0.05, 0.1) is 22.8 Å². The summed E-state index contributed by atoms with van der Waals surface area (Å²) >= 11 is 0. The van der Waals surface area contributed by atoms with Crippen molar-refractivity contribution < 1.29 is 13.2 Å². The van der Waals surface area contributed by atoms with Gasteiger partial charge in [-0.25, -0.2) is 13.1 Å². The number of hydrogen-bond donors (Lipinski definition) is 4. The molecule has 20 heavy (non-hydrogen) atoms. The number of amides is 1. The van der Waals surface area contributed by atoms with E-state index >= 15 is 0 Å². The molecule has 0 bridgehead atoms. The van der Waals surface area contributed by atoms with Crippen LogP contribution < -0.4 is 21.1 Å². The Balaban J connectivity index is 2.06. The van der Waals surface area contributed by atoms with Crippen LogP contribution in [0.2, 0.25) is 0 Å². The Hall–Kier alpha value is -1.80. The van der Waals surface area contributed by atoms with Gasteiger partial charge in [-0.1, -0.05) is 0 Å². The van der Waals surface area contributed by atoms with Crippen LogP contribution in [-0.2, 0) is 14.8 Å². The molecule has 1 saturated carbocycles. The molecule has 110 valence electrons. The van der Waals surface area contributed by atoms with Crippen LogP contribution in [0.5, 0.6) is 0 Å². The highest BCUT2D eigenvalue weighted by Gasteiger charge is 2.23. The third kappa shape index (κ3) is 3.61. The minimum absolute atomic E-state index is 0.0593. The second-order valence-electron chi connectivity index (χ2n) is 4.65. The van der Waals surface area contributed by atoms with Crippen molar-refractivity contribution in [3.8, 4) is 0 Å². The van der Waals surface area contributed by atoms with Gasteiger partial charge in [0.2, 0.25) is 15.9 Å². The average molecular weight is 298 g/mol. The van der Waals surface area contributed by atoms with Crippen molar-refractivity contribution in [3.63, 3.8) is 0 Å². The smallest absolute Gasteiger partial charge is 0.240 e. The number of carbonyl (C=O) groups is 1. The summed E-state index contributed by atoms with van der Waals surface area (Å²) in [6.07, 6.45) is 2.04. The van der Waals surface area contributed by atoms with Crippen molar-refractivity contribution >= 4 is 27.3 Å². The normalized spacial score (nSPS) is 14.8. The molecule has 8 heteroatoms. The quantitative estimate of drug-likeness (QED) is 0.546. The van der Waals surface area contributed by atoms with Gasteiger partial charge in [0.25, 0.3) is 0 Å². The van der Waals surface area contributed by atoms with Crippen LogP contribution in [0.15, 0.2) is 23.1 Å². The Labute approximate surface area is 118 Å². The fraction of sp³-hybridized carbons (Fsp3) is 0.417. The largest absolute Gasteiger partial charge is 0.397 e. The topological polar surface area (TPSA) is 113 Å². The van der Waals surface area contributed by atoms with E-state index in [2.05, 4.69) is 15.4 Å². The Morgan fingerprint density at radius 1 is 1.40 bits per heavy atom. The molecule has 0 aromatic heterocycles. The fourth-order valence-corrected chi connectivity index (χ4v) is 2.41. The predicted molar refractivity (Wildman–Crippen MR) is 76.8 cm³/mol. The summed E-state index contributed by atoms with van der Waals surface area (Å²) < 4.78 is 25.6. The average Bonchev–Trinajstić information content (AvgIpc) is 3.21. The molecule has 0 atom stereocenters. The Morgan fingerprint density at radius 2 is 2.10 bits per heavy atom. The number of nitrogens with two attached hydrogens (primary N) is 1. The lowest BCUT2D eigenvalue weighted by Gasteiger charge is -2.11. The zero-order valence-corrected chi connectivity index (χ0v) is 12.0. The first kappa shape index (κ1) is 14.6. The van der Waals surface area contributed by atoms with Crippen LogP contribution in [-0.4, -0.2) is 34.0 Å². The van der Waals surface area contributed by atoms with Gasteiger partial charge < -0.3 is 16.4 Å². The Bertz CT molecular complexity index is 611. The molecule has 0 unspecified atom stereocenters. The molecule has 1 aliphatic carbocycles. The molecular formula is C12H18N4O3S. The van der Waals surface area contributed by atoms with Crippen LogP contribution in [0.4, 0.5) is 11.4 Å². The van der Waals surface area contributed by atoms with Crippen molar-refractivity contribution in [2.45, 2.75) is 23.8 Å². The molecular weight excluding hydrogens is 280 g/mol. The highest BCUT2D eigenvalue weighted by molar-refractivity contribution is 7.89. The summed E-state index contributed by atoms with van der Waals surface area (Å²) in [6.45, 7) is 0.0593. The third-order valence-electron chi connectivity index (χ3n) is 2.99. The number of nitrogens with one attached hydrogen (secondary N) is 3. The molecule has 1 aromatic carbocycles. The van der Waals surface area contributed by atoms with Gasteiger partial charge in [0, 0.05) is 6.04 Å². The number of benzene rings is 1. The molecule has 0 heterocycles. The van der Waals surface area contributed by atoms with Crippen molar-refractivity contribution in [1.29, 1.82) is 0 Å². The van der Waals surface area contributed by atoms with Gasteiger partial charge in [-0.15, -0.1) is 0 Å². The first-order valence-electron chi connectivity index (χ1n) is 6.28. The van der Waals surface area contributed by atoms with Crippen molar-refractivity contribution in [2.24, 2.45) is 0 Å². The second kappa shape index (κ2) is 5.68. The highest BCUT2D eigenvalue weighted by Crippen LogP contribution is 2.22. The van der Waals surface area contributed by atoms with Crippen LogP contribution >= 0.6 is 0 Å². The summed E-state index contributed by atoms with van der Waals surface area (Å²) in [5, 5.41) is 5.68. The summed E-state index contributed by atoms with van der Waals surface area (Å²) in [5.74, 6) is -0.131. The maximum atomic E-state index is 11.7. The molecule has 0 spiro atoms. The highest BCUT2D eigenvalue weighted by atomic mass is 32.2. The molecule has 0 radical (unpaired) electrons. The van der Waals surface area contributed by atoms with Gasteiger partial charge in [-0.3, -0.25) is 4.79 Å². The maximum Gasteiger partial charge on any atom is 0.240 e. The lowest BCUT2D eigenvalue weighted by molar-refractivity contribution is -0.119. The van der Waals surface area contributed by atoms with E-state index in [9.17, 15) is 13.2 Å². The van der Waals surface area contributed by atoms with E-state index in [1.807, 2.05) is 0 Å². The number of hydrogen-bond acceptors (Lipinski definition) is 5. The number of nitrogen functional groups attached to an aromatic ring is 1. The van der Waals surface area contributed by atoms with Crippen LogP contribution in [0.25, 0.3) is 0 Å². The van der Waals surface area contributed by atoms with Gasteiger partial charge >= 0.3 is 0 Å². The first-order valence-corrected chi connectivity index (χ1v) is 7.77. The minimum atomic E-state index is -3.53. The van der Waals surface area contributed by atoms with Gasteiger partial charge in [-0.05, 0) is 38.1 Å². The van der Waals surface area contributed by atoms with E-state index in [1.54, 1.807) is 0 Å². The predicted octanol–water partition coefficient (Wildman–Crippen LogP) is -0.133. The van der Waals surface area contributed by atoms with E-state index in [0.29, 0.717) is 11.4 Å². The van der Waals surface area contributed by atoms with E-state index < -0.39 is 10.0 Å². The minimum Gasteiger partial charge on any atom is -0.397 e. The maximum absolute atomic E-state index is 11.7. The zero-order chi connectivity index (χ0) is 14.8. The lowest BCUT2D eigenvalue weighted by Crippen LogP contribution is -2.31. The van der Waals surface area contributed by atoms with Gasteiger partial charge in [0.15, 0.2) is 0 Å². The second-order valence-corrected chi connectivity index (χ2v) is 6.54. The molecule has 1 aromatic rings. The van der Waals surface area contributed by atoms with Gasteiger partial charge in [-0.2, -0.15) is 0 Å². The van der Waals surface area contributed by atoms with E-state index in [4.69, 9.17) is 5.73 Å². The van der Waals surface area contributed by atoms with E-state index in [0.717, 1.165) is 12.8 Å². The molecule has 1 amide bonds. The van der Waals surface area contributed by atoms with Crippen LogP contribution in [0.3, 0.4) is 0 Å². The molecule has 0 saturated heterocycles. The van der Waals surface area contributed by atoms with Gasteiger partial charge in [0.1, 0.15) is 0 Å². The Morgan fingerprint density at radius 3 is 2.70 bits per heavy atom. The molecule has 5 N–H and O–H groups in total. The van der Waals surface area contributed by atoms with Crippen LogP contribution in [0, 0.1) is 0 Å².